The largest absolute Gasteiger partial charge is 0.461 e. The molecule has 2 aromatic carbocycles. The van der Waals surface area contributed by atoms with Crippen molar-refractivity contribution in [1.29, 1.82) is 0 Å². The van der Waals surface area contributed by atoms with Gasteiger partial charge in [-0.05, 0) is 95.3 Å². The third-order valence-electron chi connectivity index (χ3n) is 11.6. The SMILES string of the molecule is C=Cc1c(F)ccc2cccc(N3CCc4c(nc(OC[C@@]56CCCN5C[C@H](F)C6)nc4C4CC5CCC(C4)N5C(=O)OC(C)(C)C)C3)c12. The van der Waals surface area contributed by atoms with Crippen LogP contribution in [0.2, 0.25) is 0 Å². The molecule has 2 unspecified atom stereocenters. The summed E-state index contributed by atoms with van der Waals surface area (Å²) in [6, 6.07) is 9.92. The van der Waals surface area contributed by atoms with Crippen molar-refractivity contribution in [2.24, 2.45) is 0 Å². The smallest absolute Gasteiger partial charge is 0.410 e. The first-order valence-electron chi connectivity index (χ1n) is 18.0. The Bertz CT molecular complexity index is 1780. The van der Waals surface area contributed by atoms with Gasteiger partial charge in [-0.1, -0.05) is 30.9 Å². The molecule has 3 aromatic rings. The summed E-state index contributed by atoms with van der Waals surface area (Å²) in [4.78, 5) is 30.0. The minimum Gasteiger partial charge on any atom is -0.461 e. The number of hydrogen-bond acceptors (Lipinski definition) is 7. The Morgan fingerprint density at radius 1 is 1.12 bits per heavy atom. The number of fused-ring (bicyclic) bond motifs is 5. The van der Waals surface area contributed by atoms with Crippen molar-refractivity contribution < 1.29 is 23.0 Å². The van der Waals surface area contributed by atoms with E-state index in [1.807, 2.05) is 49.9 Å². The molecule has 4 atom stereocenters. The summed E-state index contributed by atoms with van der Waals surface area (Å²) >= 11 is 0. The number of ether oxygens (including phenoxy) is 2. The minimum atomic E-state index is -0.839. The summed E-state index contributed by atoms with van der Waals surface area (Å²) in [6.07, 6.45) is 7.24. The molecule has 2 bridgehead atoms. The van der Waals surface area contributed by atoms with E-state index in [0.29, 0.717) is 37.7 Å². The van der Waals surface area contributed by atoms with Crippen LogP contribution in [0.3, 0.4) is 0 Å². The number of aromatic nitrogens is 2. The van der Waals surface area contributed by atoms with Crippen LogP contribution in [0.4, 0.5) is 19.3 Å². The molecule has 0 radical (unpaired) electrons. The highest BCUT2D eigenvalue weighted by Crippen LogP contribution is 2.46. The van der Waals surface area contributed by atoms with Crippen LogP contribution in [0, 0.1) is 5.82 Å². The number of hydrogen-bond donors (Lipinski definition) is 0. The van der Waals surface area contributed by atoms with Gasteiger partial charge in [-0.25, -0.2) is 13.6 Å². The number of piperidine rings is 1. The fraction of sp³-hybridized carbons (Fsp3) is 0.564. The lowest BCUT2D eigenvalue weighted by Crippen LogP contribution is -2.48. The zero-order chi connectivity index (χ0) is 34.1. The van der Waals surface area contributed by atoms with Gasteiger partial charge in [-0.3, -0.25) is 4.90 Å². The van der Waals surface area contributed by atoms with Crippen LogP contribution in [0.5, 0.6) is 6.01 Å². The molecule has 1 amide bonds. The number of nitrogens with zero attached hydrogens (tertiary/aromatic N) is 5. The van der Waals surface area contributed by atoms with Gasteiger partial charge in [-0.15, -0.1) is 0 Å². The zero-order valence-electron chi connectivity index (χ0n) is 28.9. The molecular weight excluding hydrogens is 624 g/mol. The summed E-state index contributed by atoms with van der Waals surface area (Å²) in [5, 5.41) is 1.81. The number of amides is 1. The quantitative estimate of drug-likeness (QED) is 0.268. The van der Waals surface area contributed by atoms with E-state index in [2.05, 4.69) is 16.4 Å². The normalized spacial score (nSPS) is 28.1. The summed E-state index contributed by atoms with van der Waals surface area (Å²) in [7, 11) is 0. The molecule has 1 aromatic heterocycles. The average Bonchev–Trinajstić information content (AvgIpc) is 3.68. The Hall–Kier alpha value is -3.79. The van der Waals surface area contributed by atoms with E-state index < -0.39 is 11.8 Å². The molecule has 4 fully saturated rings. The zero-order valence-corrected chi connectivity index (χ0v) is 28.9. The number of rotatable bonds is 6. The first kappa shape index (κ1) is 32.4. The van der Waals surface area contributed by atoms with Crippen molar-refractivity contribution in [1.82, 2.24) is 19.8 Å². The number of anilines is 1. The number of carbonyl (C=O) groups is 1. The molecule has 0 spiro atoms. The van der Waals surface area contributed by atoms with E-state index in [4.69, 9.17) is 19.4 Å². The van der Waals surface area contributed by atoms with Crippen molar-refractivity contribution in [3.8, 4) is 6.01 Å². The molecule has 49 heavy (non-hydrogen) atoms. The van der Waals surface area contributed by atoms with Crippen LogP contribution in [0.25, 0.3) is 16.8 Å². The summed E-state index contributed by atoms with van der Waals surface area (Å²) in [5.74, 6) is -0.133. The van der Waals surface area contributed by atoms with E-state index in [1.165, 1.54) is 6.07 Å². The van der Waals surface area contributed by atoms with Gasteiger partial charge >= 0.3 is 12.1 Å². The van der Waals surface area contributed by atoms with Crippen molar-refractivity contribution in [2.45, 2.75) is 114 Å². The van der Waals surface area contributed by atoms with E-state index in [0.717, 1.165) is 91.4 Å². The molecule has 10 heteroatoms. The lowest BCUT2D eigenvalue weighted by molar-refractivity contribution is 0.00561. The van der Waals surface area contributed by atoms with Crippen LogP contribution in [-0.2, 0) is 17.7 Å². The maximum Gasteiger partial charge on any atom is 0.410 e. The van der Waals surface area contributed by atoms with Gasteiger partial charge in [0, 0.05) is 54.1 Å². The molecule has 6 heterocycles. The van der Waals surface area contributed by atoms with Gasteiger partial charge in [0.2, 0.25) is 0 Å². The molecule has 0 saturated carbocycles. The van der Waals surface area contributed by atoms with Crippen molar-refractivity contribution in [3.63, 3.8) is 0 Å². The fourth-order valence-electron chi connectivity index (χ4n) is 9.53. The Labute approximate surface area is 287 Å². The predicted octanol–water partition coefficient (Wildman–Crippen LogP) is 7.58. The standard InChI is InChI=1S/C39H47F2N5O3/c1-5-29-31(41)13-10-24-8-6-9-33(34(24)29)44-17-14-30-32(22-44)42-36(48-23-39-15-7-16-45(39)21-26(40)20-39)43-35(30)25-18-27-11-12-28(19-25)46(27)37(47)49-38(2,3)4/h5-6,8-10,13,25-28H,1,7,11-12,14-23H2,2-4H3/t25?,26-,27?,28?,39+/m1/s1. The van der Waals surface area contributed by atoms with E-state index in [-0.39, 0.29) is 35.5 Å². The lowest BCUT2D eigenvalue weighted by atomic mass is 9.84. The molecular formula is C39H47F2N5O3. The predicted molar refractivity (Wildman–Crippen MR) is 186 cm³/mol. The maximum absolute atomic E-state index is 15.0. The van der Waals surface area contributed by atoms with Crippen LogP contribution in [-0.4, -0.2) is 81.5 Å². The molecule has 0 N–H and O–H groups in total. The van der Waals surface area contributed by atoms with Crippen LogP contribution >= 0.6 is 0 Å². The highest BCUT2D eigenvalue weighted by atomic mass is 19.1. The molecule has 5 aliphatic heterocycles. The van der Waals surface area contributed by atoms with E-state index in [1.54, 1.807) is 6.08 Å². The summed E-state index contributed by atoms with van der Waals surface area (Å²) in [5.41, 5.74) is 3.68. The lowest BCUT2D eigenvalue weighted by Gasteiger charge is -2.40. The molecule has 0 aliphatic carbocycles. The second-order valence-electron chi connectivity index (χ2n) is 15.8. The third-order valence-corrected chi connectivity index (χ3v) is 11.6. The first-order valence-corrected chi connectivity index (χ1v) is 18.0. The Morgan fingerprint density at radius 2 is 1.92 bits per heavy atom. The second-order valence-corrected chi connectivity index (χ2v) is 15.8. The summed E-state index contributed by atoms with van der Waals surface area (Å²) < 4.78 is 41.9. The van der Waals surface area contributed by atoms with E-state index >= 15 is 0 Å². The maximum atomic E-state index is 15.0. The van der Waals surface area contributed by atoms with Crippen LogP contribution in [0.15, 0.2) is 36.9 Å². The van der Waals surface area contributed by atoms with Crippen molar-refractivity contribution in [3.05, 3.63) is 65.2 Å². The Morgan fingerprint density at radius 3 is 2.67 bits per heavy atom. The highest BCUT2D eigenvalue weighted by molar-refractivity contribution is 6.00. The van der Waals surface area contributed by atoms with Gasteiger partial charge in [0.25, 0.3) is 0 Å². The number of carbonyl (C=O) groups excluding carboxylic acids is 1. The van der Waals surface area contributed by atoms with Gasteiger partial charge < -0.3 is 19.3 Å². The van der Waals surface area contributed by atoms with Crippen LogP contribution < -0.4 is 9.64 Å². The average molecular weight is 672 g/mol. The van der Waals surface area contributed by atoms with Gasteiger partial charge in [0.1, 0.15) is 24.2 Å². The van der Waals surface area contributed by atoms with Gasteiger partial charge in [0.15, 0.2) is 0 Å². The molecule has 260 valence electrons. The van der Waals surface area contributed by atoms with Crippen molar-refractivity contribution >= 4 is 28.6 Å². The molecule has 5 aliphatic rings. The fourth-order valence-corrected chi connectivity index (χ4v) is 9.53. The number of halogens is 2. The Balaban J connectivity index is 1.13. The molecule has 8 nitrogen and oxygen atoms in total. The molecule has 8 rings (SSSR count). The first-order chi connectivity index (χ1) is 23.5. The summed E-state index contributed by atoms with van der Waals surface area (Å²) in [6.45, 7) is 12.6. The second kappa shape index (κ2) is 12.2. The number of benzene rings is 2. The minimum absolute atomic E-state index is 0.0995. The number of alkyl halides is 1. The molecule has 4 saturated heterocycles. The van der Waals surface area contributed by atoms with Gasteiger partial charge in [0.05, 0.1) is 23.5 Å². The monoisotopic (exact) mass is 671 g/mol. The van der Waals surface area contributed by atoms with Crippen molar-refractivity contribution in [2.75, 3.05) is 31.1 Å². The van der Waals surface area contributed by atoms with E-state index in [9.17, 15) is 13.6 Å². The topological polar surface area (TPSA) is 71.0 Å². The Kier molecular flexibility index (Phi) is 8.08. The highest BCUT2D eigenvalue weighted by Gasteiger charge is 2.50. The van der Waals surface area contributed by atoms with Crippen LogP contribution in [0.1, 0.15) is 94.1 Å². The third kappa shape index (κ3) is 5.83. The van der Waals surface area contributed by atoms with Gasteiger partial charge in [-0.2, -0.15) is 9.97 Å².